The minimum atomic E-state index is -0.499. The normalized spacial score (nSPS) is 13.0. The van der Waals surface area contributed by atoms with Gasteiger partial charge in [-0.3, -0.25) is 14.4 Å². The Balaban J connectivity index is 1.42. The van der Waals surface area contributed by atoms with Crippen LogP contribution in [0.15, 0.2) is 28.8 Å². The SMILES string of the molecule is Cc1noc(C)c1CSCC(=O)OCC(=O)Nc1ccccc1C(=O)NC1CC1. The van der Waals surface area contributed by atoms with Gasteiger partial charge in [0.25, 0.3) is 11.8 Å². The van der Waals surface area contributed by atoms with Gasteiger partial charge in [0.05, 0.1) is 22.7 Å². The molecule has 1 heterocycles. The molecule has 1 aromatic heterocycles. The molecule has 154 valence electrons. The Hall–Kier alpha value is -2.81. The molecule has 29 heavy (non-hydrogen) atoms. The first-order chi connectivity index (χ1) is 13.9. The summed E-state index contributed by atoms with van der Waals surface area (Å²) in [6.07, 6.45) is 1.95. The first kappa shape index (κ1) is 20.9. The number of rotatable bonds is 9. The maximum atomic E-state index is 12.3. The van der Waals surface area contributed by atoms with E-state index in [1.807, 2.05) is 13.8 Å². The van der Waals surface area contributed by atoms with E-state index in [2.05, 4.69) is 15.8 Å². The highest BCUT2D eigenvalue weighted by Crippen LogP contribution is 2.22. The highest BCUT2D eigenvalue weighted by molar-refractivity contribution is 7.99. The molecule has 0 atom stereocenters. The molecule has 0 saturated heterocycles. The van der Waals surface area contributed by atoms with Crippen LogP contribution in [0.3, 0.4) is 0 Å². The molecule has 0 radical (unpaired) electrons. The van der Waals surface area contributed by atoms with E-state index in [1.54, 1.807) is 24.3 Å². The molecule has 0 bridgehead atoms. The van der Waals surface area contributed by atoms with Gasteiger partial charge in [0.2, 0.25) is 0 Å². The number of nitrogens with zero attached hydrogens (tertiary/aromatic N) is 1. The van der Waals surface area contributed by atoms with E-state index in [4.69, 9.17) is 9.26 Å². The van der Waals surface area contributed by atoms with Gasteiger partial charge in [-0.25, -0.2) is 0 Å². The van der Waals surface area contributed by atoms with Gasteiger partial charge in [-0.15, -0.1) is 11.8 Å². The minimum absolute atomic E-state index is 0.109. The molecular formula is C20H23N3O5S. The number of anilines is 1. The molecule has 2 N–H and O–H groups in total. The average molecular weight is 417 g/mol. The van der Waals surface area contributed by atoms with Crippen LogP contribution in [0, 0.1) is 13.8 Å². The Labute approximate surface area is 172 Å². The number of esters is 1. The third-order valence-corrected chi connectivity index (χ3v) is 5.30. The van der Waals surface area contributed by atoms with Gasteiger partial charge < -0.3 is 19.9 Å². The molecule has 1 aliphatic carbocycles. The van der Waals surface area contributed by atoms with Crippen molar-refractivity contribution in [2.75, 3.05) is 17.7 Å². The largest absolute Gasteiger partial charge is 0.455 e. The zero-order chi connectivity index (χ0) is 20.8. The van der Waals surface area contributed by atoms with E-state index in [0.717, 1.165) is 29.9 Å². The molecule has 8 nitrogen and oxygen atoms in total. The fraction of sp³-hybridized carbons (Fsp3) is 0.400. The van der Waals surface area contributed by atoms with Gasteiger partial charge in [-0.2, -0.15) is 0 Å². The van der Waals surface area contributed by atoms with Gasteiger partial charge in [0.15, 0.2) is 6.61 Å². The number of amides is 2. The zero-order valence-corrected chi connectivity index (χ0v) is 17.1. The predicted octanol–water partition coefficient (Wildman–Crippen LogP) is 2.60. The van der Waals surface area contributed by atoms with Crippen LogP contribution >= 0.6 is 11.8 Å². The summed E-state index contributed by atoms with van der Waals surface area (Å²) in [6.45, 7) is 3.25. The summed E-state index contributed by atoms with van der Waals surface area (Å²) in [5.74, 6) is 0.199. The van der Waals surface area contributed by atoms with Crippen LogP contribution in [0.4, 0.5) is 5.69 Å². The van der Waals surface area contributed by atoms with Crippen molar-refractivity contribution < 1.29 is 23.6 Å². The van der Waals surface area contributed by atoms with Crippen molar-refractivity contribution in [2.24, 2.45) is 0 Å². The van der Waals surface area contributed by atoms with Crippen molar-refractivity contribution >= 4 is 35.2 Å². The molecule has 2 amide bonds. The van der Waals surface area contributed by atoms with E-state index in [1.165, 1.54) is 11.8 Å². The van der Waals surface area contributed by atoms with E-state index in [9.17, 15) is 14.4 Å². The fourth-order valence-electron chi connectivity index (χ4n) is 2.60. The zero-order valence-electron chi connectivity index (χ0n) is 16.3. The first-order valence-corrected chi connectivity index (χ1v) is 10.4. The van der Waals surface area contributed by atoms with Gasteiger partial charge >= 0.3 is 5.97 Å². The van der Waals surface area contributed by atoms with Crippen LogP contribution in [0.25, 0.3) is 0 Å². The molecule has 1 saturated carbocycles. The summed E-state index contributed by atoms with van der Waals surface area (Å²) >= 11 is 1.36. The summed E-state index contributed by atoms with van der Waals surface area (Å²) in [6, 6.07) is 6.95. The molecule has 1 aromatic carbocycles. The second-order valence-electron chi connectivity index (χ2n) is 6.80. The molecular weight excluding hydrogens is 394 g/mol. The number of thioether (sulfide) groups is 1. The number of carbonyl (C=O) groups excluding carboxylic acids is 3. The lowest BCUT2D eigenvalue weighted by molar-refractivity contribution is -0.144. The molecule has 2 aromatic rings. The Morgan fingerprint density at radius 3 is 2.69 bits per heavy atom. The molecule has 0 spiro atoms. The second-order valence-corrected chi connectivity index (χ2v) is 7.78. The Morgan fingerprint density at radius 2 is 2.00 bits per heavy atom. The third kappa shape index (κ3) is 6.08. The number of aromatic nitrogens is 1. The molecule has 0 aliphatic heterocycles. The Kier molecular flexibility index (Phi) is 6.92. The van der Waals surface area contributed by atoms with E-state index in [-0.39, 0.29) is 17.7 Å². The number of carbonyl (C=O) groups is 3. The third-order valence-electron chi connectivity index (χ3n) is 4.37. The van der Waals surface area contributed by atoms with Gasteiger partial charge in [0.1, 0.15) is 5.76 Å². The predicted molar refractivity (Wildman–Crippen MR) is 109 cm³/mol. The van der Waals surface area contributed by atoms with Crippen LogP contribution in [-0.2, 0) is 20.1 Å². The van der Waals surface area contributed by atoms with Crippen LogP contribution < -0.4 is 10.6 Å². The minimum Gasteiger partial charge on any atom is -0.455 e. The summed E-state index contributed by atoms with van der Waals surface area (Å²) in [4.78, 5) is 36.3. The topological polar surface area (TPSA) is 111 Å². The lowest BCUT2D eigenvalue weighted by Crippen LogP contribution is -2.28. The smallest absolute Gasteiger partial charge is 0.316 e. The van der Waals surface area contributed by atoms with Crippen molar-refractivity contribution in [3.63, 3.8) is 0 Å². The number of ether oxygens (including phenoxy) is 1. The Morgan fingerprint density at radius 1 is 1.24 bits per heavy atom. The number of hydrogen-bond acceptors (Lipinski definition) is 7. The molecule has 9 heteroatoms. The summed E-state index contributed by atoms with van der Waals surface area (Å²) in [5, 5.41) is 9.38. The number of hydrogen-bond donors (Lipinski definition) is 2. The van der Waals surface area contributed by atoms with E-state index in [0.29, 0.717) is 17.0 Å². The summed E-state index contributed by atoms with van der Waals surface area (Å²) in [7, 11) is 0. The van der Waals surface area contributed by atoms with Crippen LogP contribution in [-0.4, -0.2) is 41.3 Å². The van der Waals surface area contributed by atoms with Crippen molar-refractivity contribution in [2.45, 2.75) is 38.5 Å². The second kappa shape index (κ2) is 9.60. The molecule has 1 aliphatic rings. The Bertz CT molecular complexity index is 888. The van der Waals surface area contributed by atoms with Crippen molar-refractivity contribution in [1.82, 2.24) is 10.5 Å². The van der Waals surface area contributed by atoms with Crippen molar-refractivity contribution in [3.8, 4) is 0 Å². The van der Waals surface area contributed by atoms with Crippen LogP contribution in [0.1, 0.15) is 40.2 Å². The lowest BCUT2D eigenvalue weighted by Gasteiger charge is -2.11. The number of nitrogens with one attached hydrogen (secondary N) is 2. The fourth-order valence-corrected chi connectivity index (χ4v) is 3.57. The number of aryl methyl sites for hydroxylation is 2. The maximum absolute atomic E-state index is 12.3. The van der Waals surface area contributed by atoms with Gasteiger partial charge in [-0.1, -0.05) is 17.3 Å². The van der Waals surface area contributed by atoms with Crippen molar-refractivity contribution in [1.29, 1.82) is 0 Å². The van der Waals surface area contributed by atoms with Crippen LogP contribution in [0.2, 0.25) is 0 Å². The first-order valence-electron chi connectivity index (χ1n) is 9.29. The number of benzene rings is 1. The molecule has 1 fully saturated rings. The van der Waals surface area contributed by atoms with Crippen LogP contribution in [0.5, 0.6) is 0 Å². The molecule has 3 rings (SSSR count). The monoisotopic (exact) mass is 417 g/mol. The highest BCUT2D eigenvalue weighted by Gasteiger charge is 2.25. The van der Waals surface area contributed by atoms with Gasteiger partial charge in [0, 0.05) is 17.4 Å². The molecule has 0 unspecified atom stereocenters. The van der Waals surface area contributed by atoms with Gasteiger partial charge in [-0.05, 0) is 38.8 Å². The standard InChI is InChI=1S/C20H23N3O5S/c1-12-16(13(2)28-23-12)10-29-11-19(25)27-9-18(24)22-17-6-4-3-5-15(17)20(26)21-14-7-8-14/h3-6,14H,7-11H2,1-2H3,(H,21,26)(H,22,24). The maximum Gasteiger partial charge on any atom is 0.316 e. The summed E-state index contributed by atoms with van der Waals surface area (Å²) in [5.41, 5.74) is 2.53. The average Bonchev–Trinajstić information content (AvgIpc) is 3.46. The highest BCUT2D eigenvalue weighted by atomic mass is 32.2. The summed E-state index contributed by atoms with van der Waals surface area (Å²) < 4.78 is 10.1. The van der Waals surface area contributed by atoms with E-state index < -0.39 is 18.5 Å². The quantitative estimate of drug-likeness (QED) is 0.603. The number of para-hydroxylation sites is 1. The lowest BCUT2D eigenvalue weighted by atomic mass is 10.1. The van der Waals surface area contributed by atoms with Crippen molar-refractivity contribution in [3.05, 3.63) is 46.8 Å². The van der Waals surface area contributed by atoms with E-state index >= 15 is 0 Å².